The lowest BCUT2D eigenvalue weighted by atomic mass is 9.63. The second kappa shape index (κ2) is 8.74. The van der Waals surface area contributed by atoms with Crippen molar-refractivity contribution in [2.75, 3.05) is 5.32 Å². The molecule has 0 aromatic carbocycles. The Morgan fingerprint density at radius 3 is 2.62 bits per heavy atom. The molecule has 1 fully saturated rings. The number of rotatable bonds is 5. The van der Waals surface area contributed by atoms with Crippen molar-refractivity contribution in [1.29, 1.82) is 0 Å². The Morgan fingerprint density at radius 2 is 1.94 bits per heavy atom. The van der Waals surface area contributed by atoms with Gasteiger partial charge in [-0.3, -0.25) is 4.79 Å². The topological polar surface area (TPSA) is 108 Å². The highest BCUT2D eigenvalue weighted by Crippen LogP contribution is 2.50. The van der Waals surface area contributed by atoms with E-state index in [2.05, 4.69) is 36.1 Å². The van der Waals surface area contributed by atoms with E-state index in [1.54, 1.807) is 12.4 Å². The zero-order chi connectivity index (χ0) is 24.7. The molecule has 7 nitrogen and oxygen atoms in total. The van der Waals surface area contributed by atoms with Crippen molar-refractivity contribution in [3.05, 3.63) is 53.3 Å². The summed E-state index contributed by atoms with van der Waals surface area (Å²) in [6.07, 6.45) is 4.69. The summed E-state index contributed by atoms with van der Waals surface area (Å²) in [5, 5.41) is 24.8. The molecule has 1 aliphatic rings. The van der Waals surface area contributed by atoms with Crippen LogP contribution in [0.15, 0.2) is 42.7 Å². The quantitative estimate of drug-likeness (QED) is 0.427. The predicted molar refractivity (Wildman–Crippen MR) is 134 cm³/mol. The molecule has 180 valence electrons. The number of nitrogens with zero attached hydrogens (tertiary/aromatic N) is 3. The van der Waals surface area contributed by atoms with Crippen LogP contribution in [0.5, 0.6) is 0 Å². The third-order valence-corrected chi connectivity index (χ3v) is 7.84. The lowest BCUT2D eigenvalue weighted by molar-refractivity contribution is -0.154. The molecule has 3 N–H and O–H groups in total. The van der Waals surface area contributed by atoms with Crippen LogP contribution in [0.1, 0.15) is 64.5 Å². The first-order valence-electron chi connectivity index (χ1n) is 11.5. The molecule has 34 heavy (non-hydrogen) atoms. The van der Waals surface area contributed by atoms with E-state index in [4.69, 9.17) is 4.98 Å². The highest BCUT2D eigenvalue weighted by molar-refractivity contribution is 7.15. The first kappa shape index (κ1) is 24.3. The first-order valence-corrected chi connectivity index (χ1v) is 12.3. The van der Waals surface area contributed by atoms with Crippen LogP contribution in [0.25, 0.3) is 10.6 Å². The van der Waals surface area contributed by atoms with E-state index in [0.717, 1.165) is 16.4 Å². The van der Waals surface area contributed by atoms with E-state index < -0.39 is 22.9 Å². The Bertz CT molecular complexity index is 1200. The Hall–Kier alpha value is -2.84. The SMILES string of the molecule is CC(C)(C)c1ccnc(Nc2cccc(-c3cnc([C@]4(O)CC[C@@H](C(=O)O)C(C)(C)C4)s3)n2)c1. The second-order valence-corrected chi connectivity index (χ2v) is 11.9. The molecular weight excluding hydrogens is 448 g/mol. The van der Waals surface area contributed by atoms with Crippen LogP contribution in [-0.4, -0.2) is 31.1 Å². The fourth-order valence-corrected chi connectivity index (χ4v) is 5.73. The van der Waals surface area contributed by atoms with Gasteiger partial charge in [-0.1, -0.05) is 40.7 Å². The van der Waals surface area contributed by atoms with Crippen LogP contribution in [0, 0.1) is 11.3 Å². The molecule has 3 aromatic heterocycles. The number of aromatic nitrogens is 3. The highest BCUT2D eigenvalue weighted by Gasteiger charge is 2.49. The minimum absolute atomic E-state index is 0.0199. The van der Waals surface area contributed by atoms with Gasteiger partial charge in [-0.05, 0) is 59.9 Å². The monoisotopic (exact) mass is 480 g/mol. The molecule has 0 aliphatic heterocycles. The van der Waals surface area contributed by atoms with Crippen LogP contribution >= 0.6 is 11.3 Å². The van der Waals surface area contributed by atoms with E-state index in [9.17, 15) is 15.0 Å². The number of anilines is 2. The van der Waals surface area contributed by atoms with Crippen molar-refractivity contribution in [2.45, 2.75) is 64.9 Å². The van der Waals surface area contributed by atoms with Gasteiger partial charge < -0.3 is 15.5 Å². The molecule has 1 saturated carbocycles. The van der Waals surface area contributed by atoms with Gasteiger partial charge in [0.1, 0.15) is 22.2 Å². The molecule has 4 rings (SSSR count). The average molecular weight is 481 g/mol. The summed E-state index contributed by atoms with van der Waals surface area (Å²) in [4.78, 5) is 26.2. The lowest BCUT2D eigenvalue weighted by Crippen LogP contribution is -2.44. The Balaban J connectivity index is 1.55. The lowest BCUT2D eigenvalue weighted by Gasteiger charge is -2.44. The third-order valence-electron chi connectivity index (χ3n) is 6.62. The van der Waals surface area contributed by atoms with Crippen molar-refractivity contribution >= 4 is 28.9 Å². The average Bonchev–Trinajstić information content (AvgIpc) is 3.24. The third kappa shape index (κ3) is 4.98. The van der Waals surface area contributed by atoms with E-state index in [-0.39, 0.29) is 5.41 Å². The maximum Gasteiger partial charge on any atom is 0.307 e. The van der Waals surface area contributed by atoms with Crippen molar-refractivity contribution in [3.8, 4) is 10.6 Å². The Labute approximate surface area is 204 Å². The summed E-state index contributed by atoms with van der Waals surface area (Å²) in [5.74, 6) is 0.131. The minimum Gasteiger partial charge on any atom is -0.481 e. The standard InChI is InChI=1S/C26H32N4O3S/c1-24(2,3)16-10-12-27-21(13-16)30-20-8-6-7-18(29-20)19-14-28-23(34-19)26(33)11-9-17(22(31)32)25(4,5)15-26/h6-8,10,12-14,17,33H,9,11,15H2,1-5H3,(H,31,32)(H,27,29,30)/t17-,26-/m0/s1. The van der Waals surface area contributed by atoms with Crippen LogP contribution in [0.4, 0.5) is 11.6 Å². The van der Waals surface area contributed by atoms with E-state index in [1.165, 1.54) is 16.9 Å². The maximum absolute atomic E-state index is 11.6. The van der Waals surface area contributed by atoms with Crippen LogP contribution < -0.4 is 5.32 Å². The van der Waals surface area contributed by atoms with Gasteiger partial charge >= 0.3 is 5.97 Å². The van der Waals surface area contributed by atoms with Gasteiger partial charge in [0.05, 0.1) is 16.5 Å². The Kier molecular flexibility index (Phi) is 6.25. The Morgan fingerprint density at radius 1 is 1.18 bits per heavy atom. The molecule has 0 radical (unpaired) electrons. The number of aliphatic carboxylic acids is 1. The van der Waals surface area contributed by atoms with E-state index in [1.807, 2.05) is 44.2 Å². The number of carboxylic acid groups (broad SMARTS) is 1. The van der Waals surface area contributed by atoms with Crippen molar-refractivity contribution < 1.29 is 15.0 Å². The van der Waals surface area contributed by atoms with Gasteiger partial charge in [-0.2, -0.15) is 0 Å². The molecule has 0 unspecified atom stereocenters. The van der Waals surface area contributed by atoms with Crippen molar-refractivity contribution in [1.82, 2.24) is 15.0 Å². The summed E-state index contributed by atoms with van der Waals surface area (Å²) in [6.45, 7) is 10.3. The number of nitrogens with one attached hydrogen (secondary N) is 1. The summed E-state index contributed by atoms with van der Waals surface area (Å²) in [7, 11) is 0. The summed E-state index contributed by atoms with van der Waals surface area (Å²) >= 11 is 1.41. The molecule has 3 heterocycles. The second-order valence-electron chi connectivity index (χ2n) is 10.9. The normalized spacial score (nSPS) is 22.4. The molecule has 3 aromatic rings. The van der Waals surface area contributed by atoms with Gasteiger partial charge in [-0.15, -0.1) is 11.3 Å². The van der Waals surface area contributed by atoms with Gasteiger partial charge in [-0.25, -0.2) is 15.0 Å². The molecule has 0 amide bonds. The largest absolute Gasteiger partial charge is 0.481 e. The number of carboxylic acids is 1. The van der Waals surface area contributed by atoms with Gasteiger partial charge in [0.15, 0.2) is 0 Å². The smallest absolute Gasteiger partial charge is 0.307 e. The molecule has 1 aliphatic carbocycles. The van der Waals surface area contributed by atoms with Crippen LogP contribution in [-0.2, 0) is 15.8 Å². The van der Waals surface area contributed by atoms with Crippen LogP contribution in [0.2, 0.25) is 0 Å². The number of carbonyl (C=O) groups is 1. The van der Waals surface area contributed by atoms with Crippen molar-refractivity contribution in [2.24, 2.45) is 11.3 Å². The zero-order valence-corrected chi connectivity index (χ0v) is 21.1. The molecule has 0 bridgehead atoms. The molecule has 0 spiro atoms. The molecule has 0 saturated heterocycles. The van der Waals surface area contributed by atoms with Crippen LogP contribution in [0.3, 0.4) is 0 Å². The molecule has 8 heteroatoms. The number of pyridine rings is 2. The van der Waals surface area contributed by atoms with Gasteiger partial charge in [0.25, 0.3) is 0 Å². The fraction of sp³-hybridized carbons (Fsp3) is 0.462. The summed E-state index contributed by atoms with van der Waals surface area (Å²) in [6, 6.07) is 9.78. The highest BCUT2D eigenvalue weighted by atomic mass is 32.1. The molecule has 2 atom stereocenters. The van der Waals surface area contributed by atoms with Gasteiger partial charge in [0, 0.05) is 12.4 Å². The number of thiazole rings is 1. The fourth-order valence-electron chi connectivity index (χ4n) is 4.73. The molecular formula is C26H32N4O3S. The summed E-state index contributed by atoms with van der Waals surface area (Å²) in [5.41, 5.74) is 0.295. The maximum atomic E-state index is 11.6. The first-order chi connectivity index (χ1) is 15.9. The van der Waals surface area contributed by atoms with E-state index >= 15 is 0 Å². The summed E-state index contributed by atoms with van der Waals surface area (Å²) < 4.78 is 0. The van der Waals surface area contributed by atoms with E-state index in [0.29, 0.717) is 30.1 Å². The predicted octanol–water partition coefficient (Wildman–Crippen LogP) is 5.74. The minimum atomic E-state index is -1.13. The number of hydrogen-bond donors (Lipinski definition) is 3. The van der Waals surface area contributed by atoms with Crippen molar-refractivity contribution in [3.63, 3.8) is 0 Å². The number of hydrogen-bond acceptors (Lipinski definition) is 7. The number of aliphatic hydroxyl groups is 1. The van der Waals surface area contributed by atoms with Gasteiger partial charge in [0.2, 0.25) is 0 Å². The zero-order valence-electron chi connectivity index (χ0n) is 20.3.